The molecule has 1 amide bonds. The van der Waals surface area contributed by atoms with Gasteiger partial charge in [0.25, 0.3) is 5.91 Å². The first-order chi connectivity index (χ1) is 11.5. The van der Waals surface area contributed by atoms with Crippen LogP contribution in [-0.4, -0.2) is 23.7 Å². The first-order valence-electron chi connectivity index (χ1n) is 7.49. The first kappa shape index (κ1) is 17.9. The lowest BCUT2D eigenvalue weighted by atomic mass is 10.3. The van der Waals surface area contributed by atoms with Gasteiger partial charge in [-0.05, 0) is 43.3 Å². The van der Waals surface area contributed by atoms with Gasteiger partial charge in [0.1, 0.15) is 11.5 Å². The van der Waals surface area contributed by atoms with Crippen LogP contribution in [0.15, 0.2) is 59.5 Å². The SMILES string of the molecule is C[C@@H](Oc1ccc(OC(=O)CCSc2ccccc2)cc1)C(N)=O. The summed E-state index contributed by atoms with van der Waals surface area (Å²) in [5, 5.41) is 0. The molecule has 0 aliphatic carbocycles. The summed E-state index contributed by atoms with van der Waals surface area (Å²) in [5.74, 6) is 0.740. The van der Waals surface area contributed by atoms with Crippen LogP contribution in [0.1, 0.15) is 13.3 Å². The number of benzene rings is 2. The fourth-order valence-corrected chi connectivity index (χ4v) is 2.65. The molecular weight excluding hydrogens is 326 g/mol. The molecule has 0 aliphatic rings. The van der Waals surface area contributed by atoms with Crippen LogP contribution in [0.4, 0.5) is 0 Å². The van der Waals surface area contributed by atoms with Crippen LogP contribution in [0.3, 0.4) is 0 Å². The Morgan fingerprint density at radius 2 is 1.67 bits per heavy atom. The maximum absolute atomic E-state index is 11.8. The van der Waals surface area contributed by atoms with E-state index in [2.05, 4.69) is 0 Å². The van der Waals surface area contributed by atoms with Gasteiger partial charge in [-0.2, -0.15) is 0 Å². The summed E-state index contributed by atoms with van der Waals surface area (Å²) in [4.78, 5) is 23.9. The molecule has 5 nitrogen and oxygen atoms in total. The van der Waals surface area contributed by atoms with E-state index in [4.69, 9.17) is 15.2 Å². The lowest BCUT2D eigenvalue weighted by Crippen LogP contribution is -2.30. The summed E-state index contributed by atoms with van der Waals surface area (Å²) in [6, 6.07) is 16.4. The normalized spacial score (nSPS) is 11.5. The van der Waals surface area contributed by atoms with Crippen LogP contribution >= 0.6 is 11.8 Å². The van der Waals surface area contributed by atoms with Crippen molar-refractivity contribution < 1.29 is 19.1 Å². The van der Waals surface area contributed by atoms with Gasteiger partial charge in [-0.1, -0.05) is 18.2 Å². The lowest BCUT2D eigenvalue weighted by molar-refractivity contribution is -0.133. The largest absolute Gasteiger partial charge is 0.481 e. The monoisotopic (exact) mass is 345 g/mol. The molecule has 0 aromatic heterocycles. The highest BCUT2D eigenvalue weighted by molar-refractivity contribution is 7.99. The van der Waals surface area contributed by atoms with Gasteiger partial charge in [0.15, 0.2) is 6.10 Å². The molecule has 2 aromatic rings. The Bertz CT molecular complexity index is 673. The van der Waals surface area contributed by atoms with E-state index in [0.29, 0.717) is 23.7 Å². The maximum Gasteiger partial charge on any atom is 0.312 e. The maximum atomic E-state index is 11.8. The minimum absolute atomic E-state index is 0.294. The minimum atomic E-state index is -0.714. The van der Waals surface area contributed by atoms with Crippen LogP contribution in [0.2, 0.25) is 0 Å². The van der Waals surface area contributed by atoms with Crippen molar-refractivity contribution in [2.45, 2.75) is 24.3 Å². The van der Waals surface area contributed by atoms with Crippen molar-refractivity contribution in [1.29, 1.82) is 0 Å². The van der Waals surface area contributed by atoms with Crippen LogP contribution in [0.25, 0.3) is 0 Å². The summed E-state index contributed by atoms with van der Waals surface area (Å²) in [6.45, 7) is 1.57. The van der Waals surface area contributed by atoms with Crippen molar-refractivity contribution in [3.05, 3.63) is 54.6 Å². The summed E-state index contributed by atoms with van der Waals surface area (Å²) < 4.78 is 10.6. The molecule has 24 heavy (non-hydrogen) atoms. The third-order valence-corrected chi connectivity index (χ3v) is 4.10. The fraction of sp³-hybridized carbons (Fsp3) is 0.222. The van der Waals surface area contributed by atoms with E-state index in [1.807, 2.05) is 30.3 Å². The van der Waals surface area contributed by atoms with E-state index < -0.39 is 12.0 Å². The predicted octanol–water partition coefficient (Wildman–Crippen LogP) is 3.03. The molecule has 0 bridgehead atoms. The van der Waals surface area contributed by atoms with Gasteiger partial charge >= 0.3 is 5.97 Å². The zero-order valence-electron chi connectivity index (χ0n) is 13.3. The van der Waals surface area contributed by atoms with Gasteiger partial charge in [0.05, 0.1) is 6.42 Å². The quantitative estimate of drug-likeness (QED) is 0.452. The Morgan fingerprint density at radius 3 is 2.29 bits per heavy atom. The van der Waals surface area contributed by atoms with E-state index in [1.54, 1.807) is 43.0 Å². The molecular formula is C18H19NO4S. The number of ether oxygens (including phenoxy) is 2. The molecule has 1 atom stereocenters. The second kappa shape index (κ2) is 8.98. The Kier molecular flexibility index (Phi) is 6.69. The first-order valence-corrected chi connectivity index (χ1v) is 8.48. The summed E-state index contributed by atoms with van der Waals surface area (Å²) in [5.41, 5.74) is 5.13. The van der Waals surface area contributed by atoms with Crippen molar-refractivity contribution in [2.24, 2.45) is 5.73 Å². The molecule has 2 rings (SSSR count). The molecule has 6 heteroatoms. The van der Waals surface area contributed by atoms with Crippen LogP contribution in [-0.2, 0) is 9.59 Å². The van der Waals surface area contributed by atoms with Gasteiger partial charge in [0.2, 0.25) is 0 Å². The average molecular weight is 345 g/mol. The number of amides is 1. The zero-order valence-corrected chi connectivity index (χ0v) is 14.1. The molecule has 0 fully saturated rings. The van der Waals surface area contributed by atoms with Crippen molar-refractivity contribution >= 4 is 23.6 Å². The van der Waals surface area contributed by atoms with Gasteiger partial charge in [-0.15, -0.1) is 11.8 Å². The van der Waals surface area contributed by atoms with Gasteiger partial charge in [-0.3, -0.25) is 9.59 Å². The van der Waals surface area contributed by atoms with E-state index in [0.717, 1.165) is 4.90 Å². The molecule has 2 aromatic carbocycles. The molecule has 0 unspecified atom stereocenters. The highest BCUT2D eigenvalue weighted by atomic mass is 32.2. The predicted molar refractivity (Wildman–Crippen MR) is 93.1 cm³/mol. The minimum Gasteiger partial charge on any atom is -0.481 e. The Hall–Kier alpha value is -2.47. The molecule has 0 spiro atoms. The second-order valence-electron chi connectivity index (χ2n) is 5.02. The smallest absolute Gasteiger partial charge is 0.312 e. The molecule has 0 heterocycles. The third-order valence-electron chi connectivity index (χ3n) is 3.09. The number of thioether (sulfide) groups is 1. The Balaban J connectivity index is 1.76. The van der Waals surface area contributed by atoms with E-state index >= 15 is 0 Å². The average Bonchev–Trinajstić information content (AvgIpc) is 2.57. The Labute approximate surface area is 145 Å². The lowest BCUT2D eigenvalue weighted by Gasteiger charge is -2.11. The number of hydrogen-bond acceptors (Lipinski definition) is 5. The van der Waals surface area contributed by atoms with E-state index in [-0.39, 0.29) is 5.97 Å². The zero-order chi connectivity index (χ0) is 17.4. The number of esters is 1. The van der Waals surface area contributed by atoms with Crippen molar-refractivity contribution in [3.63, 3.8) is 0 Å². The second-order valence-corrected chi connectivity index (χ2v) is 6.19. The number of rotatable bonds is 8. The molecule has 0 aliphatic heterocycles. The number of carbonyl (C=O) groups is 2. The number of nitrogens with two attached hydrogens (primary N) is 1. The molecule has 126 valence electrons. The number of hydrogen-bond donors (Lipinski definition) is 1. The van der Waals surface area contributed by atoms with Crippen molar-refractivity contribution in [3.8, 4) is 11.5 Å². The highest BCUT2D eigenvalue weighted by Gasteiger charge is 2.10. The highest BCUT2D eigenvalue weighted by Crippen LogP contribution is 2.21. The molecule has 0 radical (unpaired) electrons. The van der Waals surface area contributed by atoms with Gasteiger partial charge in [-0.25, -0.2) is 0 Å². The summed E-state index contributed by atoms with van der Waals surface area (Å²) in [6.07, 6.45) is -0.398. The number of primary amides is 1. The molecule has 0 saturated carbocycles. The van der Waals surface area contributed by atoms with Gasteiger partial charge < -0.3 is 15.2 Å². The Morgan fingerprint density at radius 1 is 1.04 bits per heavy atom. The van der Waals surface area contributed by atoms with Crippen LogP contribution in [0.5, 0.6) is 11.5 Å². The molecule has 2 N–H and O–H groups in total. The summed E-state index contributed by atoms with van der Waals surface area (Å²) >= 11 is 1.61. The van der Waals surface area contributed by atoms with Crippen molar-refractivity contribution in [2.75, 3.05) is 5.75 Å². The summed E-state index contributed by atoms with van der Waals surface area (Å²) in [7, 11) is 0. The number of carbonyl (C=O) groups excluding carboxylic acids is 2. The van der Waals surface area contributed by atoms with E-state index in [9.17, 15) is 9.59 Å². The standard InChI is InChI=1S/C18H19NO4S/c1-13(18(19)21)22-14-7-9-15(10-8-14)23-17(20)11-12-24-16-5-3-2-4-6-16/h2-10,13H,11-12H2,1H3,(H2,19,21)/t13-/m1/s1. The van der Waals surface area contributed by atoms with Crippen molar-refractivity contribution in [1.82, 2.24) is 0 Å². The fourth-order valence-electron chi connectivity index (χ4n) is 1.80. The van der Waals surface area contributed by atoms with Gasteiger partial charge in [0, 0.05) is 10.6 Å². The van der Waals surface area contributed by atoms with Crippen LogP contribution in [0, 0.1) is 0 Å². The topological polar surface area (TPSA) is 78.6 Å². The third kappa shape index (κ3) is 5.96. The van der Waals surface area contributed by atoms with E-state index in [1.165, 1.54) is 0 Å². The molecule has 0 saturated heterocycles. The van der Waals surface area contributed by atoms with Crippen LogP contribution < -0.4 is 15.2 Å².